The van der Waals surface area contributed by atoms with Crippen LogP contribution in [0.25, 0.3) is 0 Å². The monoisotopic (exact) mass is 353 g/mol. The van der Waals surface area contributed by atoms with Gasteiger partial charge in [-0.25, -0.2) is 17.9 Å². The molecule has 0 spiro atoms. The molecule has 1 atom stereocenters. The minimum atomic E-state index is -3.84. The fourth-order valence-corrected chi connectivity index (χ4v) is 4.94. The average molecular weight is 353 g/mol. The van der Waals surface area contributed by atoms with Crippen molar-refractivity contribution in [3.05, 3.63) is 52.2 Å². The lowest BCUT2D eigenvalue weighted by atomic mass is 9.97. The highest BCUT2D eigenvalue weighted by atomic mass is 32.2. The van der Waals surface area contributed by atoms with E-state index in [9.17, 15) is 13.2 Å². The number of benzene rings is 1. The van der Waals surface area contributed by atoms with Gasteiger partial charge in [0.2, 0.25) is 10.0 Å². The van der Waals surface area contributed by atoms with Crippen molar-refractivity contribution in [3.8, 4) is 0 Å². The molecule has 0 radical (unpaired) electrons. The Morgan fingerprint density at radius 2 is 1.83 bits per heavy atom. The quantitative estimate of drug-likeness (QED) is 0.810. The molecule has 1 heterocycles. The number of thiophene rings is 1. The summed E-state index contributed by atoms with van der Waals surface area (Å²) in [5.41, 5.74) is 0.876. The van der Waals surface area contributed by atoms with Gasteiger partial charge in [0.1, 0.15) is 9.77 Å². The second-order valence-corrected chi connectivity index (χ2v) is 7.96. The van der Waals surface area contributed by atoms with Gasteiger partial charge in [0.25, 0.3) is 0 Å². The van der Waals surface area contributed by atoms with E-state index in [0.717, 1.165) is 16.9 Å². The van der Waals surface area contributed by atoms with Crippen LogP contribution in [0.4, 0.5) is 0 Å². The molecule has 7 heteroatoms. The smallest absolute Gasteiger partial charge is 0.349 e. The van der Waals surface area contributed by atoms with E-state index in [4.69, 9.17) is 0 Å². The molecular formula is C16H19NO4S2. The Hall–Kier alpha value is -1.70. The molecule has 124 valence electrons. The Morgan fingerprint density at radius 1 is 1.17 bits per heavy atom. The lowest BCUT2D eigenvalue weighted by Gasteiger charge is -2.22. The second-order valence-electron chi connectivity index (χ2n) is 5.36. The lowest BCUT2D eigenvalue weighted by Crippen LogP contribution is -2.32. The van der Waals surface area contributed by atoms with E-state index in [1.165, 1.54) is 13.2 Å². The molecule has 0 saturated carbocycles. The first-order chi connectivity index (χ1) is 10.9. The highest BCUT2D eigenvalue weighted by molar-refractivity contribution is 7.89. The van der Waals surface area contributed by atoms with Crippen molar-refractivity contribution in [3.63, 3.8) is 0 Å². The van der Waals surface area contributed by atoms with Crippen LogP contribution >= 0.6 is 11.3 Å². The van der Waals surface area contributed by atoms with Crippen molar-refractivity contribution < 1.29 is 17.9 Å². The van der Waals surface area contributed by atoms with Gasteiger partial charge in [-0.15, -0.1) is 11.3 Å². The van der Waals surface area contributed by atoms with Gasteiger partial charge >= 0.3 is 5.97 Å². The number of carbonyl (C=O) groups excluding carboxylic acids is 1. The van der Waals surface area contributed by atoms with E-state index >= 15 is 0 Å². The molecule has 0 fully saturated rings. The van der Waals surface area contributed by atoms with Crippen LogP contribution < -0.4 is 4.72 Å². The summed E-state index contributed by atoms with van der Waals surface area (Å²) in [6, 6.07) is 10.4. The number of hydrogen-bond donors (Lipinski definition) is 1. The van der Waals surface area contributed by atoms with Gasteiger partial charge in [0.15, 0.2) is 0 Å². The summed E-state index contributed by atoms with van der Waals surface area (Å²) in [7, 11) is -2.61. The molecule has 1 aromatic heterocycles. The molecule has 1 unspecified atom stereocenters. The Balaban J connectivity index is 2.37. The van der Waals surface area contributed by atoms with Gasteiger partial charge in [-0.05, 0) is 22.9 Å². The van der Waals surface area contributed by atoms with E-state index in [1.807, 2.05) is 44.2 Å². The van der Waals surface area contributed by atoms with Crippen molar-refractivity contribution in [2.45, 2.75) is 24.8 Å². The van der Waals surface area contributed by atoms with Crippen molar-refractivity contribution in [1.29, 1.82) is 0 Å². The number of sulfonamides is 1. The van der Waals surface area contributed by atoms with E-state index in [2.05, 4.69) is 9.46 Å². The zero-order valence-electron chi connectivity index (χ0n) is 13.1. The average Bonchev–Trinajstić information content (AvgIpc) is 3.03. The number of rotatable bonds is 6. The summed E-state index contributed by atoms with van der Waals surface area (Å²) < 4.78 is 32.8. The van der Waals surface area contributed by atoms with Crippen LogP contribution in [-0.2, 0) is 14.8 Å². The first kappa shape index (κ1) is 17.7. The lowest BCUT2D eigenvalue weighted by molar-refractivity contribution is 0.0602. The van der Waals surface area contributed by atoms with Crippen molar-refractivity contribution in [2.75, 3.05) is 7.11 Å². The molecular weight excluding hydrogens is 334 g/mol. The number of methoxy groups -OCH3 is 1. The third-order valence-electron chi connectivity index (χ3n) is 3.40. The standard InChI is InChI=1S/C16H19NO4S2/c1-11(2)14(12-7-5-4-6-8-12)17-23(19,20)13-9-10-22-15(13)16(18)21-3/h4-11,14,17H,1-3H3. The van der Waals surface area contributed by atoms with Crippen LogP contribution in [0, 0.1) is 5.92 Å². The normalized spacial score (nSPS) is 13.0. The van der Waals surface area contributed by atoms with E-state index < -0.39 is 16.0 Å². The summed E-state index contributed by atoms with van der Waals surface area (Å²) >= 11 is 1.05. The van der Waals surface area contributed by atoms with Crippen LogP contribution in [0.15, 0.2) is 46.7 Å². The minimum Gasteiger partial charge on any atom is -0.465 e. The van der Waals surface area contributed by atoms with Gasteiger partial charge in [0, 0.05) is 6.04 Å². The number of hydrogen-bond acceptors (Lipinski definition) is 5. The molecule has 5 nitrogen and oxygen atoms in total. The summed E-state index contributed by atoms with van der Waals surface area (Å²) in [6.45, 7) is 3.88. The first-order valence-electron chi connectivity index (χ1n) is 7.10. The molecule has 0 aliphatic rings. The van der Waals surface area contributed by atoms with E-state index in [0.29, 0.717) is 0 Å². The van der Waals surface area contributed by atoms with E-state index in [1.54, 1.807) is 5.38 Å². The molecule has 0 bridgehead atoms. The molecule has 2 aromatic rings. The first-order valence-corrected chi connectivity index (χ1v) is 9.46. The fraction of sp³-hybridized carbons (Fsp3) is 0.312. The topological polar surface area (TPSA) is 72.5 Å². The maximum absolute atomic E-state index is 12.7. The van der Waals surface area contributed by atoms with Crippen LogP contribution in [-0.4, -0.2) is 21.5 Å². The van der Waals surface area contributed by atoms with Crippen LogP contribution in [0.3, 0.4) is 0 Å². The highest BCUT2D eigenvalue weighted by Gasteiger charge is 2.28. The maximum Gasteiger partial charge on any atom is 0.349 e. The van der Waals surface area contributed by atoms with Gasteiger partial charge in [0.05, 0.1) is 7.11 Å². The van der Waals surface area contributed by atoms with Crippen molar-refractivity contribution in [2.24, 2.45) is 5.92 Å². The minimum absolute atomic E-state index is 0.0454. The van der Waals surface area contributed by atoms with Gasteiger partial charge in [-0.3, -0.25) is 0 Å². The maximum atomic E-state index is 12.7. The summed E-state index contributed by atoms with van der Waals surface area (Å²) in [6.07, 6.45) is 0. The molecule has 0 amide bonds. The highest BCUT2D eigenvalue weighted by Crippen LogP contribution is 2.27. The number of nitrogens with one attached hydrogen (secondary N) is 1. The number of esters is 1. The Kier molecular flexibility index (Phi) is 5.56. The predicted molar refractivity (Wildman–Crippen MR) is 90.0 cm³/mol. The number of ether oxygens (including phenoxy) is 1. The fourth-order valence-electron chi connectivity index (χ4n) is 2.23. The molecule has 0 aliphatic carbocycles. The Morgan fingerprint density at radius 3 is 2.39 bits per heavy atom. The summed E-state index contributed by atoms with van der Waals surface area (Å²) in [5, 5.41) is 1.56. The predicted octanol–water partition coefficient (Wildman–Crippen LogP) is 3.21. The number of carbonyl (C=O) groups is 1. The van der Waals surface area contributed by atoms with Crippen LogP contribution in [0.1, 0.15) is 35.1 Å². The Labute approximate surface area is 140 Å². The zero-order chi connectivity index (χ0) is 17.0. The third-order valence-corrected chi connectivity index (χ3v) is 5.90. The summed E-state index contributed by atoms with van der Waals surface area (Å²) in [4.78, 5) is 11.8. The van der Waals surface area contributed by atoms with Gasteiger partial charge < -0.3 is 4.74 Å². The summed E-state index contributed by atoms with van der Waals surface area (Å²) in [5.74, 6) is -0.603. The molecule has 2 rings (SSSR count). The van der Waals surface area contributed by atoms with Crippen LogP contribution in [0.5, 0.6) is 0 Å². The van der Waals surface area contributed by atoms with Gasteiger partial charge in [-0.2, -0.15) is 0 Å². The molecule has 1 N–H and O–H groups in total. The molecule has 0 saturated heterocycles. The molecule has 1 aromatic carbocycles. The molecule has 0 aliphatic heterocycles. The third kappa shape index (κ3) is 3.99. The zero-order valence-corrected chi connectivity index (χ0v) is 14.8. The van der Waals surface area contributed by atoms with Crippen molar-refractivity contribution >= 4 is 27.3 Å². The van der Waals surface area contributed by atoms with Crippen molar-refractivity contribution in [1.82, 2.24) is 4.72 Å². The second kappa shape index (κ2) is 7.25. The SMILES string of the molecule is COC(=O)c1sccc1S(=O)(=O)NC(c1ccccc1)C(C)C. The van der Waals surface area contributed by atoms with E-state index in [-0.39, 0.29) is 21.7 Å². The largest absolute Gasteiger partial charge is 0.465 e. The van der Waals surface area contributed by atoms with Crippen LogP contribution in [0.2, 0.25) is 0 Å². The Bertz CT molecular complexity index is 766. The molecule has 23 heavy (non-hydrogen) atoms. The van der Waals surface area contributed by atoms with Gasteiger partial charge in [-0.1, -0.05) is 44.2 Å².